The summed E-state index contributed by atoms with van der Waals surface area (Å²) in [5.74, 6) is -0.0690. The van der Waals surface area contributed by atoms with Crippen LogP contribution < -0.4 is 5.32 Å². The Kier molecular flexibility index (Phi) is 4.04. The van der Waals surface area contributed by atoms with Gasteiger partial charge in [0.2, 0.25) is 5.91 Å². The molecule has 2 heterocycles. The fourth-order valence-electron chi connectivity index (χ4n) is 2.96. The van der Waals surface area contributed by atoms with E-state index < -0.39 is 0 Å². The average molecular weight is 350 g/mol. The second-order valence-electron chi connectivity index (χ2n) is 5.84. The first-order valence-corrected chi connectivity index (χ1v) is 8.36. The highest BCUT2D eigenvalue weighted by molar-refractivity contribution is 6.31. The van der Waals surface area contributed by atoms with Gasteiger partial charge < -0.3 is 14.9 Å². The summed E-state index contributed by atoms with van der Waals surface area (Å²) < 4.78 is 1.92. The molecule has 25 heavy (non-hydrogen) atoms. The predicted molar refractivity (Wildman–Crippen MR) is 101 cm³/mol. The summed E-state index contributed by atoms with van der Waals surface area (Å²) in [5, 5.41) is 4.69. The van der Waals surface area contributed by atoms with E-state index in [4.69, 9.17) is 11.6 Å². The summed E-state index contributed by atoms with van der Waals surface area (Å²) in [6.45, 7) is 0. The van der Waals surface area contributed by atoms with Gasteiger partial charge in [-0.1, -0.05) is 29.8 Å². The van der Waals surface area contributed by atoms with E-state index in [0.29, 0.717) is 11.4 Å². The molecule has 2 aromatic carbocycles. The molecule has 0 saturated heterocycles. The summed E-state index contributed by atoms with van der Waals surface area (Å²) >= 11 is 6.12. The number of rotatable bonds is 4. The van der Waals surface area contributed by atoms with E-state index in [1.165, 1.54) is 0 Å². The van der Waals surface area contributed by atoms with Crippen LogP contribution in [-0.2, 0) is 11.2 Å². The first-order chi connectivity index (χ1) is 12.2. The number of carbonyl (C=O) groups excluding carboxylic acids is 1. The van der Waals surface area contributed by atoms with Crippen molar-refractivity contribution in [3.8, 4) is 5.69 Å². The quantitative estimate of drug-likeness (QED) is 0.546. The first kappa shape index (κ1) is 15.5. The molecular weight excluding hydrogens is 334 g/mol. The lowest BCUT2D eigenvalue weighted by Gasteiger charge is -2.12. The van der Waals surface area contributed by atoms with Gasteiger partial charge in [0.1, 0.15) is 0 Å². The van der Waals surface area contributed by atoms with E-state index >= 15 is 0 Å². The Morgan fingerprint density at radius 1 is 1.08 bits per heavy atom. The number of para-hydroxylation sites is 1. The number of amides is 1. The van der Waals surface area contributed by atoms with Gasteiger partial charge in [0.15, 0.2) is 0 Å². The van der Waals surface area contributed by atoms with Crippen molar-refractivity contribution >= 4 is 34.1 Å². The van der Waals surface area contributed by atoms with Crippen molar-refractivity contribution in [1.82, 2.24) is 9.55 Å². The zero-order valence-corrected chi connectivity index (χ0v) is 14.1. The van der Waals surface area contributed by atoms with E-state index in [1.54, 1.807) is 6.07 Å². The summed E-state index contributed by atoms with van der Waals surface area (Å²) in [6.07, 6.45) is 6.03. The molecule has 0 aliphatic rings. The third kappa shape index (κ3) is 3.16. The van der Waals surface area contributed by atoms with Crippen molar-refractivity contribution < 1.29 is 4.79 Å². The van der Waals surface area contributed by atoms with Crippen LogP contribution in [0.15, 0.2) is 73.2 Å². The van der Waals surface area contributed by atoms with Crippen molar-refractivity contribution in [3.63, 3.8) is 0 Å². The summed E-state index contributed by atoms with van der Waals surface area (Å²) in [6, 6.07) is 17.3. The van der Waals surface area contributed by atoms with Crippen LogP contribution >= 0.6 is 11.6 Å². The standard InChI is InChI=1S/C20H16ClN3O/c21-15-7-8-18(19(12-15)24-9-3-4-10-24)23-20(25)11-14-13-22-17-6-2-1-5-16(14)17/h1-10,12-13,22H,11H2,(H,23,25). The molecule has 0 atom stereocenters. The molecule has 0 saturated carbocycles. The first-order valence-electron chi connectivity index (χ1n) is 7.98. The van der Waals surface area contributed by atoms with Crippen LogP contribution in [0.3, 0.4) is 0 Å². The normalized spacial score (nSPS) is 10.9. The summed E-state index contributed by atoms with van der Waals surface area (Å²) in [7, 11) is 0. The Morgan fingerprint density at radius 3 is 2.72 bits per heavy atom. The molecule has 0 bridgehead atoms. The molecule has 2 aromatic heterocycles. The number of anilines is 1. The third-order valence-electron chi connectivity index (χ3n) is 4.14. The molecule has 5 heteroatoms. The second kappa shape index (κ2) is 6.49. The number of fused-ring (bicyclic) bond motifs is 1. The highest BCUT2D eigenvalue weighted by atomic mass is 35.5. The van der Waals surface area contributed by atoms with Crippen LogP contribution in [0.25, 0.3) is 16.6 Å². The Morgan fingerprint density at radius 2 is 1.88 bits per heavy atom. The molecule has 1 amide bonds. The monoisotopic (exact) mass is 349 g/mol. The fourth-order valence-corrected chi connectivity index (χ4v) is 3.13. The van der Waals surface area contributed by atoms with Crippen molar-refractivity contribution in [3.05, 3.63) is 83.8 Å². The zero-order chi connectivity index (χ0) is 17.2. The van der Waals surface area contributed by atoms with Crippen LogP contribution in [0.5, 0.6) is 0 Å². The highest BCUT2D eigenvalue weighted by Crippen LogP contribution is 2.25. The van der Waals surface area contributed by atoms with Gasteiger partial charge in [0.25, 0.3) is 0 Å². The number of carbonyl (C=O) groups is 1. The van der Waals surface area contributed by atoms with E-state index in [2.05, 4.69) is 10.3 Å². The Hall–Kier alpha value is -2.98. The van der Waals surface area contributed by atoms with E-state index in [-0.39, 0.29) is 5.91 Å². The number of halogens is 1. The minimum Gasteiger partial charge on any atom is -0.361 e. The average Bonchev–Trinajstić information content (AvgIpc) is 3.27. The molecule has 4 aromatic rings. The number of hydrogen-bond acceptors (Lipinski definition) is 1. The van der Waals surface area contributed by atoms with Gasteiger partial charge in [0.05, 0.1) is 17.8 Å². The van der Waals surface area contributed by atoms with Gasteiger partial charge >= 0.3 is 0 Å². The lowest BCUT2D eigenvalue weighted by molar-refractivity contribution is -0.115. The van der Waals surface area contributed by atoms with Crippen molar-refractivity contribution in [1.29, 1.82) is 0 Å². The van der Waals surface area contributed by atoms with Crippen LogP contribution in [0.2, 0.25) is 5.02 Å². The van der Waals surface area contributed by atoms with Crippen LogP contribution in [0.4, 0.5) is 5.69 Å². The number of H-pyrrole nitrogens is 1. The highest BCUT2D eigenvalue weighted by Gasteiger charge is 2.12. The van der Waals surface area contributed by atoms with Gasteiger partial charge in [0, 0.05) is 34.5 Å². The minimum atomic E-state index is -0.0690. The van der Waals surface area contributed by atoms with E-state index in [0.717, 1.165) is 27.8 Å². The van der Waals surface area contributed by atoms with Crippen molar-refractivity contribution in [2.45, 2.75) is 6.42 Å². The predicted octanol–water partition coefficient (Wildman–Crippen LogP) is 4.79. The maximum Gasteiger partial charge on any atom is 0.228 e. The molecule has 0 fully saturated rings. The molecule has 0 radical (unpaired) electrons. The topological polar surface area (TPSA) is 49.8 Å². The Labute approximate surface area is 150 Å². The van der Waals surface area contributed by atoms with E-state index in [1.807, 2.05) is 71.7 Å². The maximum absolute atomic E-state index is 12.6. The largest absolute Gasteiger partial charge is 0.361 e. The number of benzene rings is 2. The second-order valence-corrected chi connectivity index (χ2v) is 6.27. The smallest absolute Gasteiger partial charge is 0.228 e. The van der Waals surface area contributed by atoms with Gasteiger partial charge in [-0.25, -0.2) is 0 Å². The lowest BCUT2D eigenvalue weighted by atomic mass is 10.1. The molecule has 0 unspecified atom stereocenters. The Bertz CT molecular complexity index is 1030. The lowest BCUT2D eigenvalue weighted by Crippen LogP contribution is -2.15. The zero-order valence-electron chi connectivity index (χ0n) is 13.4. The molecule has 0 aliphatic carbocycles. The summed E-state index contributed by atoms with van der Waals surface area (Å²) in [4.78, 5) is 15.8. The maximum atomic E-state index is 12.6. The summed E-state index contributed by atoms with van der Waals surface area (Å²) in [5.41, 5.74) is 3.57. The van der Waals surface area contributed by atoms with Gasteiger partial charge in [-0.15, -0.1) is 0 Å². The minimum absolute atomic E-state index is 0.0690. The number of hydrogen-bond donors (Lipinski definition) is 2. The van der Waals surface area contributed by atoms with E-state index in [9.17, 15) is 4.79 Å². The molecule has 2 N–H and O–H groups in total. The number of aromatic nitrogens is 2. The van der Waals surface area contributed by atoms with Gasteiger partial charge in [-0.3, -0.25) is 4.79 Å². The molecule has 0 spiro atoms. The van der Waals surface area contributed by atoms with Gasteiger partial charge in [-0.05, 0) is 42.0 Å². The van der Waals surface area contributed by atoms with Crippen LogP contribution in [0.1, 0.15) is 5.56 Å². The molecular formula is C20H16ClN3O. The number of nitrogens with one attached hydrogen (secondary N) is 2. The fraction of sp³-hybridized carbons (Fsp3) is 0.0500. The molecule has 4 rings (SSSR count). The molecule has 4 nitrogen and oxygen atoms in total. The van der Waals surface area contributed by atoms with Crippen molar-refractivity contribution in [2.75, 3.05) is 5.32 Å². The van der Waals surface area contributed by atoms with Crippen LogP contribution in [0, 0.1) is 0 Å². The Balaban J connectivity index is 1.59. The van der Waals surface area contributed by atoms with Crippen molar-refractivity contribution in [2.24, 2.45) is 0 Å². The number of aromatic amines is 1. The molecule has 0 aliphatic heterocycles. The van der Waals surface area contributed by atoms with Gasteiger partial charge in [-0.2, -0.15) is 0 Å². The number of nitrogens with zero attached hydrogens (tertiary/aromatic N) is 1. The van der Waals surface area contributed by atoms with Crippen LogP contribution in [-0.4, -0.2) is 15.5 Å². The third-order valence-corrected chi connectivity index (χ3v) is 4.38. The molecule has 124 valence electrons. The SMILES string of the molecule is O=C(Cc1c[nH]c2ccccc12)Nc1ccc(Cl)cc1-n1cccc1.